The first kappa shape index (κ1) is 18.5. The van der Waals surface area contributed by atoms with E-state index < -0.39 is 0 Å². The lowest BCUT2D eigenvalue weighted by atomic mass is 10.2. The van der Waals surface area contributed by atoms with Gasteiger partial charge in [0.05, 0.1) is 12.3 Å². The predicted octanol–water partition coefficient (Wildman–Crippen LogP) is 4.09. The van der Waals surface area contributed by atoms with Crippen LogP contribution in [0.5, 0.6) is 5.75 Å². The molecule has 0 saturated heterocycles. The Bertz CT molecular complexity index is 1220. The summed E-state index contributed by atoms with van der Waals surface area (Å²) in [5, 5.41) is 4.06. The van der Waals surface area contributed by atoms with Crippen molar-refractivity contribution in [3.63, 3.8) is 0 Å². The van der Waals surface area contributed by atoms with E-state index in [0.717, 1.165) is 28.3 Å². The van der Waals surface area contributed by atoms with Gasteiger partial charge in [0.1, 0.15) is 5.75 Å². The number of nitrogens with zero attached hydrogens (tertiary/aromatic N) is 3. The van der Waals surface area contributed by atoms with Crippen molar-refractivity contribution in [2.45, 2.75) is 13.8 Å². The maximum atomic E-state index is 12.0. The van der Waals surface area contributed by atoms with Crippen LogP contribution in [0.2, 0.25) is 0 Å². The van der Waals surface area contributed by atoms with E-state index in [2.05, 4.69) is 15.1 Å². The van der Waals surface area contributed by atoms with Crippen molar-refractivity contribution in [3.05, 3.63) is 82.4 Å². The van der Waals surface area contributed by atoms with E-state index in [-0.39, 0.29) is 5.69 Å². The zero-order valence-corrected chi connectivity index (χ0v) is 16.1. The third kappa shape index (κ3) is 4.03. The Kier molecular flexibility index (Phi) is 5.11. The topological polar surface area (TPSA) is 85.9 Å². The van der Waals surface area contributed by atoms with Crippen LogP contribution in [0.15, 0.2) is 64.0 Å². The largest absolute Gasteiger partial charge is 0.494 e. The van der Waals surface area contributed by atoms with Gasteiger partial charge in [0.15, 0.2) is 0 Å². The Morgan fingerprint density at radius 1 is 1.17 bits per heavy atom. The molecule has 0 radical (unpaired) electrons. The number of nitrogens with one attached hydrogen (secondary N) is 1. The highest BCUT2D eigenvalue weighted by Crippen LogP contribution is 2.21. The molecule has 0 aliphatic rings. The molecule has 0 aliphatic carbocycles. The van der Waals surface area contributed by atoms with Crippen molar-refractivity contribution in [1.82, 2.24) is 19.7 Å². The van der Waals surface area contributed by atoms with Crippen LogP contribution in [-0.4, -0.2) is 26.3 Å². The molecule has 146 valence electrons. The van der Waals surface area contributed by atoms with Crippen LogP contribution >= 0.6 is 0 Å². The molecule has 4 aromatic rings. The quantitative estimate of drug-likeness (QED) is 0.538. The van der Waals surface area contributed by atoms with Crippen LogP contribution in [0.1, 0.15) is 24.1 Å². The lowest BCUT2D eigenvalue weighted by Gasteiger charge is -2.05. The maximum Gasteiger partial charge on any atom is 0.330 e. The molecule has 0 saturated carbocycles. The zero-order chi connectivity index (χ0) is 20.2. The van der Waals surface area contributed by atoms with Gasteiger partial charge in [-0.1, -0.05) is 29.4 Å². The summed E-state index contributed by atoms with van der Waals surface area (Å²) in [5.74, 6) is 1.66. The summed E-state index contributed by atoms with van der Waals surface area (Å²) in [5.41, 5.74) is 3.10. The molecular formula is C22H20N4O3. The second-order valence-electron chi connectivity index (χ2n) is 6.42. The average molecular weight is 388 g/mol. The van der Waals surface area contributed by atoms with Crippen LogP contribution in [0.3, 0.4) is 0 Å². The number of aromatic amines is 1. The lowest BCUT2D eigenvalue weighted by molar-refractivity contribution is 0.340. The third-order valence-corrected chi connectivity index (χ3v) is 4.35. The normalized spacial score (nSPS) is 11.2. The van der Waals surface area contributed by atoms with Gasteiger partial charge in [0.25, 0.3) is 5.89 Å². The van der Waals surface area contributed by atoms with Crippen LogP contribution in [0.25, 0.3) is 29.2 Å². The van der Waals surface area contributed by atoms with Gasteiger partial charge in [-0.25, -0.2) is 4.79 Å². The average Bonchev–Trinajstić information content (AvgIpc) is 3.34. The van der Waals surface area contributed by atoms with Crippen molar-refractivity contribution in [2.24, 2.45) is 0 Å². The highest BCUT2D eigenvalue weighted by atomic mass is 16.5. The Morgan fingerprint density at radius 2 is 2.03 bits per heavy atom. The Balaban J connectivity index is 1.57. The van der Waals surface area contributed by atoms with Crippen LogP contribution in [0.4, 0.5) is 0 Å². The number of ether oxygens (including phenoxy) is 1. The summed E-state index contributed by atoms with van der Waals surface area (Å²) in [4.78, 5) is 19.1. The summed E-state index contributed by atoms with van der Waals surface area (Å²) < 4.78 is 12.4. The molecule has 2 aromatic heterocycles. The van der Waals surface area contributed by atoms with Crippen molar-refractivity contribution >= 4 is 12.2 Å². The molecule has 1 N–H and O–H groups in total. The van der Waals surface area contributed by atoms with Crippen LogP contribution in [-0.2, 0) is 0 Å². The lowest BCUT2D eigenvalue weighted by Crippen LogP contribution is -2.15. The van der Waals surface area contributed by atoms with E-state index in [1.807, 2.05) is 68.5 Å². The third-order valence-electron chi connectivity index (χ3n) is 4.35. The van der Waals surface area contributed by atoms with E-state index in [1.165, 1.54) is 0 Å². The van der Waals surface area contributed by atoms with E-state index in [1.54, 1.807) is 16.8 Å². The molecule has 4 rings (SSSR count). The van der Waals surface area contributed by atoms with Gasteiger partial charge in [-0.3, -0.25) is 4.57 Å². The van der Waals surface area contributed by atoms with Crippen molar-refractivity contribution in [2.75, 3.05) is 6.61 Å². The molecule has 0 bridgehead atoms. The first-order valence-electron chi connectivity index (χ1n) is 9.26. The van der Waals surface area contributed by atoms with Gasteiger partial charge in [-0.15, -0.1) is 0 Å². The number of hydrogen-bond donors (Lipinski definition) is 1. The molecule has 29 heavy (non-hydrogen) atoms. The molecule has 7 heteroatoms. The molecule has 0 unspecified atom stereocenters. The molecule has 2 aromatic carbocycles. The molecular weight excluding hydrogens is 368 g/mol. The van der Waals surface area contributed by atoms with Gasteiger partial charge in [0.2, 0.25) is 5.82 Å². The smallest absolute Gasteiger partial charge is 0.330 e. The van der Waals surface area contributed by atoms with Crippen molar-refractivity contribution < 1.29 is 9.26 Å². The molecule has 2 heterocycles. The minimum Gasteiger partial charge on any atom is -0.494 e. The summed E-state index contributed by atoms with van der Waals surface area (Å²) in [6.45, 7) is 4.43. The Morgan fingerprint density at radius 3 is 2.83 bits per heavy atom. The van der Waals surface area contributed by atoms with Crippen LogP contribution < -0.4 is 10.4 Å². The standard InChI is InChI=1S/C22H20N4O3/c1-3-28-19-9-4-6-16(12-19)10-11-20-24-21(25-29-20)17-7-5-8-18(13-17)26-15(2)14-23-22(26)27/h4-14H,3H2,1-2H3,(H,23,27)/b11-10+. The predicted molar refractivity (Wildman–Crippen MR) is 111 cm³/mol. The number of rotatable bonds is 6. The first-order chi connectivity index (χ1) is 14.1. The number of aryl methyl sites for hydroxylation is 1. The number of H-pyrrole nitrogens is 1. The highest BCUT2D eigenvalue weighted by Gasteiger charge is 2.10. The molecule has 0 fully saturated rings. The van der Waals surface area contributed by atoms with Gasteiger partial charge in [0, 0.05) is 23.5 Å². The zero-order valence-electron chi connectivity index (χ0n) is 16.1. The minimum atomic E-state index is -0.189. The number of imidazole rings is 1. The fourth-order valence-electron chi connectivity index (χ4n) is 3.02. The fraction of sp³-hybridized carbons (Fsp3) is 0.136. The van der Waals surface area contributed by atoms with Crippen LogP contribution in [0, 0.1) is 6.92 Å². The number of aromatic nitrogens is 4. The Hall–Kier alpha value is -3.87. The number of hydrogen-bond acceptors (Lipinski definition) is 5. The SMILES string of the molecule is CCOc1cccc(/C=C/c2nc(-c3cccc(-n4c(C)c[nH]c4=O)c3)no2)c1. The maximum absolute atomic E-state index is 12.0. The number of benzene rings is 2. The summed E-state index contributed by atoms with van der Waals surface area (Å²) in [6.07, 6.45) is 5.32. The van der Waals surface area contributed by atoms with Gasteiger partial charge < -0.3 is 14.2 Å². The molecule has 0 amide bonds. The van der Waals surface area contributed by atoms with Gasteiger partial charge in [-0.05, 0) is 49.8 Å². The van der Waals surface area contributed by atoms with Crippen molar-refractivity contribution in [3.8, 4) is 22.8 Å². The molecule has 0 spiro atoms. The summed E-state index contributed by atoms with van der Waals surface area (Å²) in [7, 11) is 0. The minimum absolute atomic E-state index is 0.189. The van der Waals surface area contributed by atoms with E-state index >= 15 is 0 Å². The second-order valence-corrected chi connectivity index (χ2v) is 6.42. The van der Waals surface area contributed by atoms with Gasteiger partial charge in [-0.2, -0.15) is 4.98 Å². The van der Waals surface area contributed by atoms with Crippen molar-refractivity contribution in [1.29, 1.82) is 0 Å². The second kappa shape index (κ2) is 8.02. The summed E-state index contributed by atoms with van der Waals surface area (Å²) >= 11 is 0. The Labute approximate surface area is 167 Å². The molecule has 0 atom stereocenters. The summed E-state index contributed by atoms with van der Waals surface area (Å²) in [6, 6.07) is 15.2. The monoisotopic (exact) mass is 388 g/mol. The van der Waals surface area contributed by atoms with E-state index in [0.29, 0.717) is 18.3 Å². The molecule has 0 aliphatic heterocycles. The van der Waals surface area contributed by atoms with E-state index in [4.69, 9.17) is 9.26 Å². The molecule has 7 nitrogen and oxygen atoms in total. The first-order valence-corrected chi connectivity index (χ1v) is 9.26. The van der Waals surface area contributed by atoms with Gasteiger partial charge >= 0.3 is 5.69 Å². The van der Waals surface area contributed by atoms with E-state index in [9.17, 15) is 4.79 Å². The highest BCUT2D eigenvalue weighted by molar-refractivity contribution is 5.68. The fourth-order valence-corrected chi connectivity index (χ4v) is 3.02.